The molecule has 1 aromatic carbocycles. The summed E-state index contributed by atoms with van der Waals surface area (Å²) in [5, 5.41) is 8.63. The summed E-state index contributed by atoms with van der Waals surface area (Å²) in [6, 6.07) is 4.56. The van der Waals surface area contributed by atoms with Crippen molar-refractivity contribution in [3.8, 4) is 0 Å². The van der Waals surface area contributed by atoms with Crippen molar-refractivity contribution in [1.29, 1.82) is 0 Å². The number of alkyl halides is 3. The van der Waals surface area contributed by atoms with Crippen LogP contribution in [0.4, 0.5) is 0 Å². The van der Waals surface area contributed by atoms with E-state index in [1.807, 2.05) is 0 Å². The van der Waals surface area contributed by atoms with Crippen molar-refractivity contribution in [3.63, 3.8) is 0 Å². The highest BCUT2D eigenvalue weighted by atomic mass is 79.9. The summed E-state index contributed by atoms with van der Waals surface area (Å²) in [6.07, 6.45) is 0. The van der Waals surface area contributed by atoms with Crippen LogP contribution < -0.4 is 0 Å². The average molecular weight is 348 g/mol. The largest absolute Gasteiger partial charge is 0.478 e. The van der Waals surface area contributed by atoms with Gasteiger partial charge in [0, 0.05) is 0 Å². The minimum Gasteiger partial charge on any atom is -0.478 e. The molecule has 0 amide bonds. The lowest BCUT2D eigenvalue weighted by Gasteiger charge is -2.12. The van der Waals surface area contributed by atoms with Crippen LogP contribution in [-0.2, 0) is 9.84 Å². The summed E-state index contributed by atoms with van der Waals surface area (Å²) < 4.78 is 21.2. The number of benzene rings is 1. The minimum atomic E-state index is -3.96. The molecule has 0 saturated carbocycles. The molecule has 0 atom stereocenters. The summed E-state index contributed by atoms with van der Waals surface area (Å²) in [7, 11) is -3.96. The van der Waals surface area contributed by atoms with Crippen LogP contribution in [0.5, 0.6) is 0 Å². The van der Waals surface area contributed by atoms with E-state index >= 15 is 0 Å². The minimum absolute atomic E-state index is 0.0248. The molecular formula is C8H5BrCl2O4S. The van der Waals surface area contributed by atoms with E-state index in [1.165, 1.54) is 0 Å². The van der Waals surface area contributed by atoms with Crippen LogP contribution in [-0.4, -0.2) is 22.1 Å². The van der Waals surface area contributed by atoms with Crippen molar-refractivity contribution in [2.24, 2.45) is 0 Å². The van der Waals surface area contributed by atoms with Crippen molar-refractivity contribution >= 4 is 54.9 Å². The molecule has 0 aliphatic heterocycles. The molecule has 0 spiro atoms. The van der Waals surface area contributed by atoms with Gasteiger partial charge < -0.3 is 5.11 Å². The molecule has 0 unspecified atom stereocenters. The second-order valence-corrected chi connectivity index (χ2v) is 9.27. The molecule has 0 bridgehead atoms. The van der Waals surface area contributed by atoms with Gasteiger partial charge in [-0.2, -0.15) is 0 Å². The molecular weight excluding hydrogens is 343 g/mol. The normalized spacial score (nSPS) is 12.4. The Hall–Kier alpha value is -0.300. The van der Waals surface area contributed by atoms with Crippen molar-refractivity contribution in [2.45, 2.75) is 7.47 Å². The quantitative estimate of drug-likeness (QED) is 0.853. The van der Waals surface area contributed by atoms with Crippen LogP contribution in [0, 0.1) is 0 Å². The van der Waals surface area contributed by atoms with Gasteiger partial charge >= 0.3 is 5.97 Å². The smallest absolute Gasteiger partial charge is 0.335 e. The summed E-state index contributed by atoms with van der Waals surface area (Å²) in [4.78, 5) is 10.4. The molecule has 1 rings (SSSR count). The molecule has 1 aromatic rings. The van der Waals surface area contributed by atoms with E-state index in [9.17, 15) is 13.2 Å². The topological polar surface area (TPSA) is 71.4 Å². The summed E-state index contributed by atoms with van der Waals surface area (Å²) in [6.45, 7) is 0. The van der Waals surface area contributed by atoms with E-state index in [4.69, 9.17) is 28.3 Å². The van der Waals surface area contributed by atoms with E-state index in [0.29, 0.717) is 0 Å². The summed E-state index contributed by atoms with van der Waals surface area (Å²) in [5.74, 6) is -1.15. The molecule has 0 radical (unpaired) electrons. The van der Waals surface area contributed by atoms with Crippen molar-refractivity contribution in [2.75, 3.05) is 0 Å². The fourth-order valence-corrected chi connectivity index (χ4v) is 2.77. The lowest BCUT2D eigenvalue weighted by Crippen LogP contribution is -2.19. The van der Waals surface area contributed by atoms with Gasteiger partial charge in [-0.05, 0) is 40.2 Å². The number of aromatic carboxylic acids is 1. The van der Waals surface area contributed by atoms with Crippen LogP contribution in [0.1, 0.15) is 10.4 Å². The first kappa shape index (κ1) is 13.8. The zero-order valence-electron chi connectivity index (χ0n) is 7.52. The number of sulfone groups is 1. The second kappa shape index (κ2) is 4.52. The third kappa shape index (κ3) is 2.68. The highest BCUT2D eigenvalue weighted by Gasteiger charge is 2.38. The van der Waals surface area contributed by atoms with E-state index in [-0.39, 0.29) is 10.5 Å². The van der Waals surface area contributed by atoms with Crippen molar-refractivity contribution in [1.82, 2.24) is 0 Å². The number of carboxylic acid groups (broad SMARTS) is 1. The SMILES string of the molecule is O=C(O)c1ccc(S(=O)(=O)C(Cl)(Cl)Br)cc1. The van der Waals surface area contributed by atoms with Crippen LogP contribution in [0.15, 0.2) is 29.2 Å². The van der Waals surface area contributed by atoms with Crippen molar-refractivity contribution in [3.05, 3.63) is 29.8 Å². The van der Waals surface area contributed by atoms with Gasteiger partial charge in [0.1, 0.15) is 0 Å². The van der Waals surface area contributed by atoms with Crippen LogP contribution in [0.25, 0.3) is 0 Å². The Balaban J connectivity index is 3.23. The summed E-state index contributed by atoms with van der Waals surface area (Å²) >= 11 is 13.5. The van der Waals surface area contributed by atoms with Crippen molar-refractivity contribution < 1.29 is 18.3 Å². The maximum Gasteiger partial charge on any atom is 0.335 e. The lowest BCUT2D eigenvalue weighted by molar-refractivity contribution is 0.0697. The molecule has 88 valence electrons. The zero-order valence-corrected chi connectivity index (χ0v) is 11.4. The Labute approximate surface area is 110 Å². The first-order chi connectivity index (χ1) is 7.16. The maximum absolute atomic E-state index is 11.7. The van der Waals surface area contributed by atoms with Gasteiger partial charge in [-0.1, -0.05) is 23.2 Å². The van der Waals surface area contributed by atoms with Gasteiger partial charge in [0.15, 0.2) is 0 Å². The predicted octanol–water partition coefficient (Wildman–Crippen LogP) is 2.64. The van der Waals surface area contributed by atoms with Crippen LogP contribution in [0.3, 0.4) is 0 Å². The highest BCUT2D eigenvalue weighted by molar-refractivity contribution is 9.12. The van der Waals surface area contributed by atoms with Gasteiger partial charge in [0.2, 0.25) is 9.84 Å². The van der Waals surface area contributed by atoms with Gasteiger partial charge in [-0.3, -0.25) is 0 Å². The van der Waals surface area contributed by atoms with Crippen LogP contribution >= 0.6 is 39.1 Å². The van der Waals surface area contributed by atoms with Gasteiger partial charge in [0.25, 0.3) is 2.57 Å². The Kier molecular flexibility index (Phi) is 3.89. The number of rotatable bonds is 3. The number of carbonyl (C=O) groups is 1. The second-order valence-electron chi connectivity index (χ2n) is 2.78. The Morgan fingerprint density at radius 1 is 1.25 bits per heavy atom. The maximum atomic E-state index is 11.7. The molecule has 0 heterocycles. The van der Waals surface area contributed by atoms with Gasteiger partial charge in [-0.25, -0.2) is 13.2 Å². The predicted molar refractivity (Wildman–Crippen MR) is 64.0 cm³/mol. The fraction of sp³-hybridized carbons (Fsp3) is 0.125. The Bertz CT molecular complexity index is 504. The molecule has 0 aliphatic rings. The third-order valence-corrected chi connectivity index (χ3v) is 5.72. The molecule has 4 nitrogen and oxygen atoms in total. The highest BCUT2D eigenvalue weighted by Crippen LogP contribution is 2.39. The molecule has 1 N–H and O–H groups in total. The first-order valence-electron chi connectivity index (χ1n) is 3.81. The number of carboxylic acids is 1. The molecule has 0 aromatic heterocycles. The zero-order chi connectivity index (χ0) is 12.6. The molecule has 0 saturated heterocycles. The average Bonchev–Trinajstić information content (AvgIpc) is 2.16. The van der Waals surface area contributed by atoms with Gasteiger partial charge in [-0.15, -0.1) is 0 Å². The van der Waals surface area contributed by atoms with Gasteiger partial charge in [0.05, 0.1) is 10.5 Å². The molecule has 0 fully saturated rings. The van der Waals surface area contributed by atoms with E-state index in [2.05, 4.69) is 15.9 Å². The van der Waals surface area contributed by atoms with E-state index in [0.717, 1.165) is 24.3 Å². The standard InChI is InChI=1S/C8H5BrCl2O4S/c9-8(10,11)16(14,15)6-3-1-5(2-4-6)7(12)13/h1-4H,(H,12,13). The number of hydrogen-bond acceptors (Lipinski definition) is 3. The Morgan fingerprint density at radius 3 is 2.00 bits per heavy atom. The molecule has 16 heavy (non-hydrogen) atoms. The summed E-state index contributed by atoms with van der Waals surface area (Å²) in [5.41, 5.74) is -0.0248. The van der Waals surface area contributed by atoms with E-state index < -0.39 is 18.4 Å². The fourth-order valence-electron chi connectivity index (χ4n) is 0.910. The monoisotopic (exact) mass is 346 g/mol. The number of hydrogen-bond donors (Lipinski definition) is 1. The van der Waals surface area contributed by atoms with Crippen LogP contribution in [0.2, 0.25) is 0 Å². The lowest BCUT2D eigenvalue weighted by atomic mass is 10.2. The molecule has 8 heteroatoms. The third-order valence-electron chi connectivity index (χ3n) is 1.72. The number of halogens is 3. The Morgan fingerprint density at radius 2 is 1.69 bits per heavy atom. The molecule has 0 aliphatic carbocycles. The van der Waals surface area contributed by atoms with E-state index in [1.54, 1.807) is 0 Å². The first-order valence-corrected chi connectivity index (χ1v) is 6.84.